The molecule has 0 radical (unpaired) electrons. The summed E-state index contributed by atoms with van der Waals surface area (Å²) < 4.78 is 17.9. The van der Waals surface area contributed by atoms with Crippen molar-refractivity contribution in [2.45, 2.75) is 24.5 Å². The van der Waals surface area contributed by atoms with Gasteiger partial charge in [-0.1, -0.05) is 0 Å². The minimum atomic E-state index is -0.988. The molecule has 2 aromatic heterocycles. The topological polar surface area (TPSA) is 138 Å². The molecule has 0 spiro atoms. The summed E-state index contributed by atoms with van der Waals surface area (Å²) in [7, 11) is 1.56. The molecule has 0 amide bonds. The second-order valence-electron chi connectivity index (χ2n) is 5.15. The van der Waals surface area contributed by atoms with Crippen LogP contribution in [0.4, 0.5) is 5.82 Å². The second kappa shape index (κ2) is 6.72. The molecule has 1 fully saturated rings. The molecule has 2 aromatic rings. The normalized spacial score (nSPS) is 27.8. The van der Waals surface area contributed by atoms with Crippen LogP contribution >= 0.6 is 0 Å². The highest BCUT2D eigenvalue weighted by Crippen LogP contribution is 2.33. The molecule has 126 valence electrons. The third kappa shape index (κ3) is 2.86. The van der Waals surface area contributed by atoms with Crippen LogP contribution in [0.25, 0.3) is 11.2 Å². The molecule has 4 N–H and O–H groups in total. The minimum absolute atomic E-state index is 0.253. The Balaban J connectivity index is 1.92. The van der Waals surface area contributed by atoms with Crippen LogP contribution in [0.2, 0.25) is 0 Å². The van der Waals surface area contributed by atoms with Crippen LogP contribution in [-0.4, -0.2) is 75.0 Å². The Kier molecular flexibility index (Phi) is 4.68. The van der Waals surface area contributed by atoms with Crippen molar-refractivity contribution in [1.82, 2.24) is 19.5 Å². The fraction of sp³-hybridized carbons (Fsp3) is 0.615. The standard InChI is InChI=1S/C13H19N5O5/c1-21-2-3-22-10-9(20)7(4-19)23-13(10)18-6-17-8-11(14)15-5-16-12(8)18/h5-7,9-10,13,19-20H,2-4H2,1H3,(H2,14,15,16)/t7-,9+,10+,13+/m1/s1. The Hall–Kier alpha value is -1.85. The summed E-state index contributed by atoms with van der Waals surface area (Å²) in [6, 6.07) is 0. The van der Waals surface area contributed by atoms with Gasteiger partial charge >= 0.3 is 0 Å². The predicted molar refractivity (Wildman–Crippen MR) is 78.4 cm³/mol. The molecule has 0 aliphatic carbocycles. The van der Waals surface area contributed by atoms with Crippen LogP contribution in [0.1, 0.15) is 6.23 Å². The van der Waals surface area contributed by atoms with Gasteiger partial charge in [-0.25, -0.2) is 15.0 Å². The van der Waals surface area contributed by atoms with Crippen molar-refractivity contribution in [3.63, 3.8) is 0 Å². The van der Waals surface area contributed by atoms with E-state index in [9.17, 15) is 10.2 Å². The molecule has 1 aliphatic rings. The van der Waals surface area contributed by atoms with E-state index < -0.39 is 24.5 Å². The van der Waals surface area contributed by atoms with E-state index >= 15 is 0 Å². The minimum Gasteiger partial charge on any atom is -0.394 e. The van der Waals surface area contributed by atoms with Gasteiger partial charge in [0.25, 0.3) is 0 Å². The van der Waals surface area contributed by atoms with Gasteiger partial charge in [0.15, 0.2) is 17.7 Å². The molecular formula is C13H19N5O5. The quantitative estimate of drug-likeness (QED) is 0.553. The predicted octanol–water partition coefficient (Wildman–Crippen LogP) is -1.31. The molecule has 0 saturated carbocycles. The number of imidazole rings is 1. The van der Waals surface area contributed by atoms with E-state index in [0.29, 0.717) is 17.8 Å². The van der Waals surface area contributed by atoms with E-state index in [4.69, 9.17) is 19.9 Å². The van der Waals surface area contributed by atoms with E-state index in [1.165, 1.54) is 12.7 Å². The molecule has 10 nitrogen and oxygen atoms in total. The molecule has 1 saturated heterocycles. The average molecular weight is 325 g/mol. The Bertz CT molecular complexity index is 665. The maximum atomic E-state index is 10.3. The van der Waals surface area contributed by atoms with Gasteiger partial charge < -0.3 is 30.2 Å². The number of nitrogens with zero attached hydrogens (tertiary/aromatic N) is 4. The number of aliphatic hydroxyl groups is 2. The van der Waals surface area contributed by atoms with Crippen molar-refractivity contribution < 1.29 is 24.4 Å². The van der Waals surface area contributed by atoms with Crippen LogP contribution in [0.3, 0.4) is 0 Å². The number of nitrogens with two attached hydrogens (primary N) is 1. The molecule has 1 aliphatic heterocycles. The number of aromatic nitrogens is 4. The smallest absolute Gasteiger partial charge is 0.167 e. The maximum absolute atomic E-state index is 10.3. The highest BCUT2D eigenvalue weighted by atomic mass is 16.6. The van der Waals surface area contributed by atoms with Gasteiger partial charge in [-0.15, -0.1) is 0 Å². The van der Waals surface area contributed by atoms with E-state index in [1.807, 2.05) is 0 Å². The molecular weight excluding hydrogens is 306 g/mol. The van der Waals surface area contributed by atoms with Crippen molar-refractivity contribution in [3.8, 4) is 0 Å². The van der Waals surface area contributed by atoms with Crippen LogP contribution in [0, 0.1) is 0 Å². The monoisotopic (exact) mass is 325 g/mol. The van der Waals surface area contributed by atoms with Crippen molar-refractivity contribution in [2.75, 3.05) is 32.7 Å². The van der Waals surface area contributed by atoms with Gasteiger partial charge in [0.1, 0.15) is 30.2 Å². The van der Waals surface area contributed by atoms with Crippen LogP contribution in [0.5, 0.6) is 0 Å². The number of anilines is 1. The summed E-state index contributed by atoms with van der Waals surface area (Å²) in [5.74, 6) is 0.253. The first-order chi connectivity index (χ1) is 11.2. The number of nitrogen functional groups attached to an aromatic ring is 1. The Morgan fingerprint density at radius 3 is 2.91 bits per heavy atom. The first kappa shape index (κ1) is 16.0. The first-order valence-corrected chi connectivity index (χ1v) is 7.15. The SMILES string of the molecule is COCCO[C@H]1[C@@H](O)[C@@H](CO)O[C@@H]1n1cnc2c(N)ncnc21. The Morgan fingerprint density at radius 2 is 2.17 bits per heavy atom. The van der Waals surface area contributed by atoms with Gasteiger partial charge in [-0.3, -0.25) is 4.57 Å². The summed E-state index contributed by atoms with van der Waals surface area (Å²) >= 11 is 0. The molecule has 0 unspecified atom stereocenters. The zero-order valence-corrected chi connectivity index (χ0v) is 12.6. The molecule has 4 atom stereocenters. The third-order valence-electron chi connectivity index (χ3n) is 3.75. The van der Waals surface area contributed by atoms with E-state index in [-0.39, 0.29) is 19.0 Å². The van der Waals surface area contributed by atoms with E-state index in [2.05, 4.69) is 15.0 Å². The Labute approximate surface area is 131 Å². The van der Waals surface area contributed by atoms with E-state index in [1.54, 1.807) is 11.7 Å². The second-order valence-corrected chi connectivity index (χ2v) is 5.15. The molecule has 10 heteroatoms. The molecule has 0 bridgehead atoms. The molecule has 23 heavy (non-hydrogen) atoms. The van der Waals surface area contributed by atoms with Crippen molar-refractivity contribution >= 4 is 17.0 Å². The van der Waals surface area contributed by atoms with Crippen molar-refractivity contribution in [1.29, 1.82) is 0 Å². The summed E-state index contributed by atoms with van der Waals surface area (Å²) in [4.78, 5) is 12.2. The van der Waals surface area contributed by atoms with Crippen molar-refractivity contribution in [3.05, 3.63) is 12.7 Å². The first-order valence-electron chi connectivity index (χ1n) is 7.15. The lowest BCUT2D eigenvalue weighted by Crippen LogP contribution is -2.36. The molecule has 0 aromatic carbocycles. The maximum Gasteiger partial charge on any atom is 0.167 e. The summed E-state index contributed by atoms with van der Waals surface area (Å²) in [6.07, 6.45) is -0.317. The lowest BCUT2D eigenvalue weighted by atomic mass is 10.1. The van der Waals surface area contributed by atoms with Crippen molar-refractivity contribution in [2.24, 2.45) is 0 Å². The van der Waals surface area contributed by atoms with Gasteiger partial charge in [0.05, 0.1) is 26.1 Å². The van der Waals surface area contributed by atoms with Crippen LogP contribution < -0.4 is 5.73 Å². The van der Waals surface area contributed by atoms with E-state index in [0.717, 1.165) is 0 Å². The number of rotatable bonds is 6. The van der Waals surface area contributed by atoms with Gasteiger partial charge in [0, 0.05) is 7.11 Å². The van der Waals surface area contributed by atoms with Gasteiger partial charge in [0.2, 0.25) is 0 Å². The number of hydrogen-bond acceptors (Lipinski definition) is 9. The average Bonchev–Trinajstić information content (AvgIpc) is 3.10. The highest BCUT2D eigenvalue weighted by Gasteiger charge is 2.45. The fourth-order valence-corrected chi connectivity index (χ4v) is 2.60. The zero-order chi connectivity index (χ0) is 16.4. The largest absolute Gasteiger partial charge is 0.394 e. The van der Waals surface area contributed by atoms with Crippen LogP contribution in [0.15, 0.2) is 12.7 Å². The van der Waals surface area contributed by atoms with Gasteiger partial charge in [-0.05, 0) is 0 Å². The number of ether oxygens (including phenoxy) is 3. The summed E-state index contributed by atoms with van der Waals surface area (Å²) in [5.41, 5.74) is 6.68. The number of fused-ring (bicyclic) bond motifs is 1. The summed E-state index contributed by atoms with van der Waals surface area (Å²) in [6.45, 7) is 0.324. The van der Waals surface area contributed by atoms with Crippen LogP contribution in [-0.2, 0) is 14.2 Å². The highest BCUT2D eigenvalue weighted by molar-refractivity contribution is 5.81. The lowest BCUT2D eigenvalue weighted by molar-refractivity contribution is -0.0785. The number of methoxy groups -OCH3 is 1. The molecule has 3 rings (SSSR count). The number of aliphatic hydroxyl groups excluding tert-OH is 2. The third-order valence-corrected chi connectivity index (χ3v) is 3.75. The Morgan fingerprint density at radius 1 is 1.35 bits per heavy atom. The van der Waals surface area contributed by atoms with Gasteiger partial charge in [-0.2, -0.15) is 0 Å². The zero-order valence-electron chi connectivity index (χ0n) is 12.6. The lowest BCUT2D eigenvalue weighted by Gasteiger charge is -2.21. The number of hydrogen-bond donors (Lipinski definition) is 3. The summed E-state index contributed by atoms with van der Waals surface area (Å²) in [5, 5.41) is 19.7. The fourth-order valence-electron chi connectivity index (χ4n) is 2.60. The molecule has 3 heterocycles.